The number of amides is 1. The predicted molar refractivity (Wildman–Crippen MR) is 69.0 cm³/mol. The lowest BCUT2D eigenvalue weighted by molar-refractivity contribution is -0.117. The third kappa shape index (κ3) is 1.53. The normalized spacial score (nSPS) is 21.1. The first kappa shape index (κ1) is 10.6. The van der Waals surface area contributed by atoms with E-state index in [-0.39, 0.29) is 11.6 Å². The van der Waals surface area contributed by atoms with Gasteiger partial charge in [-0.1, -0.05) is 18.6 Å². The van der Waals surface area contributed by atoms with Crippen molar-refractivity contribution >= 4 is 17.3 Å². The highest BCUT2D eigenvalue weighted by atomic mass is 16.2. The van der Waals surface area contributed by atoms with Crippen LogP contribution in [0.15, 0.2) is 24.3 Å². The zero-order valence-corrected chi connectivity index (χ0v) is 10.2. The van der Waals surface area contributed by atoms with Crippen molar-refractivity contribution in [1.82, 2.24) is 0 Å². The number of hydrogen-bond donors (Lipinski definition) is 1. The zero-order valence-electron chi connectivity index (χ0n) is 10.2. The van der Waals surface area contributed by atoms with Gasteiger partial charge in [0.05, 0.1) is 11.4 Å². The molecule has 0 radical (unpaired) electrons. The van der Waals surface area contributed by atoms with E-state index in [4.69, 9.17) is 0 Å². The minimum atomic E-state index is -0.145. The summed E-state index contributed by atoms with van der Waals surface area (Å²) < 4.78 is 0. The molecule has 1 aliphatic carbocycles. The van der Waals surface area contributed by atoms with Gasteiger partial charge < -0.3 is 5.32 Å². The van der Waals surface area contributed by atoms with Crippen LogP contribution in [0, 0.1) is 0 Å². The van der Waals surface area contributed by atoms with Gasteiger partial charge in [-0.25, -0.2) is 0 Å². The van der Waals surface area contributed by atoms with Crippen LogP contribution >= 0.6 is 0 Å². The van der Waals surface area contributed by atoms with Gasteiger partial charge in [0, 0.05) is 6.92 Å². The van der Waals surface area contributed by atoms with E-state index < -0.39 is 0 Å². The van der Waals surface area contributed by atoms with Gasteiger partial charge in [0.25, 0.3) is 0 Å². The molecule has 3 nitrogen and oxygen atoms in total. The summed E-state index contributed by atoms with van der Waals surface area (Å²) in [6, 6.07) is 8.12. The molecule has 90 valence electrons. The van der Waals surface area contributed by atoms with Crippen LogP contribution in [0.4, 0.5) is 11.4 Å². The Kier molecular flexibility index (Phi) is 2.35. The van der Waals surface area contributed by atoms with Crippen molar-refractivity contribution in [3.63, 3.8) is 0 Å². The van der Waals surface area contributed by atoms with Gasteiger partial charge in [0.2, 0.25) is 5.91 Å². The van der Waals surface area contributed by atoms with Crippen LogP contribution in [-0.4, -0.2) is 11.6 Å². The number of nitrogens with one attached hydrogen (secondary N) is 1. The SMILES string of the molecule is CC(=O)N1c2ccccc2NC12CCCCC2. The number of rotatable bonds is 0. The van der Waals surface area contributed by atoms with Crippen LogP contribution in [0.3, 0.4) is 0 Å². The Morgan fingerprint density at radius 1 is 1.24 bits per heavy atom. The number of carbonyl (C=O) groups excluding carboxylic acids is 1. The van der Waals surface area contributed by atoms with Crippen molar-refractivity contribution in [2.75, 3.05) is 10.2 Å². The molecule has 1 aliphatic heterocycles. The number of hydrogen-bond acceptors (Lipinski definition) is 2. The molecule has 3 heteroatoms. The predicted octanol–water partition coefficient (Wildman–Crippen LogP) is 3.13. The van der Waals surface area contributed by atoms with Gasteiger partial charge in [0.1, 0.15) is 5.66 Å². The molecule has 0 atom stereocenters. The van der Waals surface area contributed by atoms with Crippen molar-refractivity contribution in [3.8, 4) is 0 Å². The number of carbonyl (C=O) groups is 1. The molecule has 1 aromatic rings. The van der Waals surface area contributed by atoms with Gasteiger partial charge in [-0.3, -0.25) is 9.69 Å². The summed E-state index contributed by atoms with van der Waals surface area (Å²) in [4.78, 5) is 13.9. The molecular weight excluding hydrogens is 212 g/mol. The molecule has 0 unspecified atom stereocenters. The molecule has 1 N–H and O–H groups in total. The largest absolute Gasteiger partial charge is 0.361 e. The average Bonchev–Trinajstić information content (AvgIpc) is 2.63. The van der Waals surface area contributed by atoms with E-state index in [1.165, 1.54) is 19.3 Å². The smallest absolute Gasteiger partial charge is 0.225 e. The van der Waals surface area contributed by atoms with E-state index in [1.807, 2.05) is 23.1 Å². The fourth-order valence-electron chi connectivity index (χ4n) is 3.27. The van der Waals surface area contributed by atoms with Crippen molar-refractivity contribution in [2.45, 2.75) is 44.7 Å². The molecule has 0 bridgehead atoms. The average molecular weight is 230 g/mol. The summed E-state index contributed by atoms with van der Waals surface area (Å²) in [5.41, 5.74) is 2.00. The third-order valence-corrected chi connectivity index (χ3v) is 3.94. The summed E-state index contributed by atoms with van der Waals surface area (Å²) in [5.74, 6) is 0.143. The highest BCUT2D eigenvalue weighted by Gasteiger charge is 2.45. The lowest BCUT2D eigenvalue weighted by atomic mass is 9.88. The minimum Gasteiger partial charge on any atom is -0.361 e. The Hall–Kier alpha value is -1.51. The van der Waals surface area contributed by atoms with Crippen molar-refractivity contribution in [1.29, 1.82) is 0 Å². The summed E-state index contributed by atoms with van der Waals surface area (Å²) in [7, 11) is 0. The Bertz CT molecular complexity index is 449. The van der Waals surface area contributed by atoms with Gasteiger partial charge in [-0.2, -0.15) is 0 Å². The molecule has 1 spiro atoms. The maximum atomic E-state index is 12.0. The van der Waals surface area contributed by atoms with E-state index in [2.05, 4.69) is 11.4 Å². The molecule has 0 saturated heterocycles. The van der Waals surface area contributed by atoms with E-state index in [0.717, 1.165) is 24.2 Å². The molecule has 1 amide bonds. The van der Waals surface area contributed by atoms with E-state index in [1.54, 1.807) is 6.92 Å². The quantitative estimate of drug-likeness (QED) is 0.742. The Balaban J connectivity index is 2.06. The van der Waals surface area contributed by atoms with Crippen LogP contribution in [0.5, 0.6) is 0 Å². The van der Waals surface area contributed by atoms with E-state index in [9.17, 15) is 4.79 Å². The molecule has 3 rings (SSSR count). The van der Waals surface area contributed by atoms with E-state index >= 15 is 0 Å². The molecule has 1 fully saturated rings. The molecule has 17 heavy (non-hydrogen) atoms. The number of nitrogens with zero attached hydrogens (tertiary/aromatic N) is 1. The van der Waals surface area contributed by atoms with Gasteiger partial charge in [-0.15, -0.1) is 0 Å². The Labute approximate surface area is 102 Å². The van der Waals surface area contributed by atoms with Crippen LogP contribution in [0.2, 0.25) is 0 Å². The summed E-state index contributed by atoms with van der Waals surface area (Å²) in [6.45, 7) is 1.67. The lowest BCUT2D eigenvalue weighted by Gasteiger charge is -2.41. The Morgan fingerprint density at radius 2 is 1.94 bits per heavy atom. The van der Waals surface area contributed by atoms with Crippen LogP contribution in [0.1, 0.15) is 39.0 Å². The highest BCUT2D eigenvalue weighted by molar-refractivity contribution is 6.00. The topological polar surface area (TPSA) is 32.3 Å². The number of anilines is 2. The monoisotopic (exact) mass is 230 g/mol. The van der Waals surface area contributed by atoms with Crippen LogP contribution in [0.25, 0.3) is 0 Å². The maximum absolute atomic E-state index is 12.0. The standard InChI is InChI=1S/C14H18N2O/c1-11(17)16-13-8-4-3-7-12(13)15-14(16)9-5-2-6-10-14/h3-4,7-8,15H,2,5-6,9-10H2,1H3. The summed E-state index contributed by atoms with van der Waals surface area (Å²) in [5, 5.41) is 3.59. The van der Waals surface area contributed by atoms with Crippen molar-refractivity contribution in [3.05, 3.63) is 24.3 Å². The van der Waals surface area contributed by atoms with Gasteiger partial charge in [-0.05, 0) is 37.8 Å². The first-order valence-electron chi connectivity index (χ1n) is 6.41. The fourth-order valence-corrected chi connectivity index (χ4v) is 3.27. The summed E-state index contributed by atoms with van der Waals surface area (Å²) >= 11 is 0. The molecule has 1 aromatic carbocycles. The van der Waals surface area contributed by atoms with Gasteiger partial charge >= 0.3 is 0 Å². The second-order valence-electron chi connectivity index (χ2n) is 5.09. The number of fused-ring (bicyclic) bond motifs is 1. The highest BCUT2D eigenvalue weighted by Crippen LogP contribution is 2.46. The molecule has 1 saturated carbocycles. The van der Waals surface area contributed by atoms with Gasteiger partial charge in [0.15, 0.2) is 0 Å². The minimum absolute atomic E-state index is 0.143. The number of para-hydroxylation sites is 2. The lowest BCUT2D eigenvalue weighted by Crippen LogP contribution is -2.54. The van der Waals surface area contributed by atoms with Crippen molar-refractivity contribution in [2.24, 2.45) is 0 Å². The van der Waals surface area contributed by atoms with Crippen LogP contribution in [-0.2, 0) is 4.79 Å². The molecule has 1 heterocycles. The molecule has 0 aromatic heterocycles. The number of benzene rings is 1. The maximum Gasteiger partial charge on any atom is 0.225 e. The fraction of sp³-hybridized carbons (Fsp3) is 0.500. The molecule has 2 aliphatic rings. The van der Waals surface area contributed by atoms with Crippen LogP contribution < -0.4 is 10.2 Å². The summed E-state index contributed by atoms with van der Waals surface area (Å²) in [6.07, 6.45) is 5.80. The zero-order chi connectivity index (χ0) is 11.9. The first-order chi connectivity index (χ1) is 8.23. The first-order valence-corrected chi connectivity index (χ1v) is 6.41. The third-order valence-electron chi connectivity index (χ3n) is 3.94. The molecular formula is C14H18N2O. The van der Waals surface area contributed by atoms with E-state index in [0.29, 0.717) is 0 Å². The Morgan fingerprint density at radius 3 is 2.65 bits per heavy atom. The van der Waals surface area contributed by atoms with Crippen molar-refractivity contribution < 1.29 is 4.79 Å². The second kappa shape index (κ2) is 3.76. The second-order valence-corrected chi connectivity index (χ2v) is 5.09.